The van der Waals surface area contributed by atoms with Crippen LogP contribution in [0.1, 0.15) is 37.1 Å². The van der Waals surface area contributed by atoms with Crippen LogP contribution in [0.4, 0.5) is 9.52 Å². The van der Waals surface area contributed by atoms with Gasteiger partial charge in [-0.25, -0.2) is 9.37 Å². The van der Waals surface area contributed by atoms with Crippen LogP contribution in [-0.2, 0) is 11.2 Å². The molecule has 0 spiro atoms. The van der Waals surface area contributed by atoms with E-state index in [0.717, 1.165) is 10.4 Å². The van der Waals surface area contributed by atoms with Crippen LogP contribution in [0.2, 0.25) is 0 Å². The topological polar surface area (TPSA) is 68.0 Å². The molecular weight excluding hydrogens is 349 g/mol. The van der Waals surface area contributed by atoms with E-state index in [9.17, 15) is 9.18 Å². The molecule has 4 nitrogen and oxygen atoms in total. The quantitative estimate of drug-likeness (QED) is 0.773. The van der Waals surface area contributed by atoms with Gasteiger partial charge in [0.2, 0.25) is 5.91 Å². The Balaban J connectivity index is 0.00000288. The SMILES string of the molecule is CCC(CC)(CN)C(=O)Nc1ncc(Cc2ccc(F)cc2)s1.Cl. The molecule has 0 fully saturated rings. The zero-order valence-electron chi connectivity index (χ0n) is 13.8. The van der Waals surface area contributed by atoms with Gasteiger partial charge in [-0.3, -0.25) is 4.79 Å². The van der Waals surface area contributed by atoms with Gasteiger partial charge in [-0.15, -0.1) is 23.7 Å². The average molecular weight is 372 g/mol. The van der Waals surface area contributed by atoms with E-state index < -0.39 is 5.41 Å². The molecule has 2 rings (SSSR count). The first-order valence-corrected chi connectivity index (χ1v) is 8.55. The molecule has 0 bridgehead atoms. The first-order chi connectivity index (χ1) is 11.0. The number of rotatable bonds is 7. The minimum atomic E-state index is -0.539. The van der Waals surface area contributed by atoms with Crippen molar-refractivity contribution in [3.63, 3.8) is 0 Å². The fourth-order valence-corrected chi connectivity index (χ4v) is 3.27. The number of thiazole rings is 1. The number of anilines is 1. The number of nitrogens with zero attached hydrogens (tertiary/aromatic N) is 1. The molecule has 24 heavy (non-hydrogen) atoms. The Morgan fingerprint density at radius 3 is 2.46 bits per heavy atom. The summed E-state index contributed by atoms with van der Waals surface area (Å²) >= 11 is 1.43. The van der Waals surface area contributed by atoms with Crippen LogP contribution >= 0.6 is 23.7 Å². The van der Waals surface area contributed by atoms with E-state index in [-0.39, 0.29) is 24.1 Å². The van der Waals surface area contributed by atoms with Gasteiger partial charge in [-0.2, -0.15) is 0 Å². The highest BCUT2D eigenvalue weighted by atomic mass is 35.5. The Kier molecular flexibility index (Phi) is 7.79. The van der Waals surface area contributed by atoms with Gasteiger partial charge in [0.25, 0.3) is 0 Å². The summed E-state index contributed by atoms with van der Waals surface area (Å²) in [5, 5.41) is 3.46. The zero-order valence-corrected chi connectivity index (χ0v) is 15.5. The number of nitrogens with one attached hydrogen (secondary N) is 1. The lowest BCUT2D eigenvalue weighted by atomic mass is 9.81. The molecule has 1 aromatic carbocycles. The van der Waals surface area contributed by atoms with Gasteiger partial charge in [0.05, 0.1) is 5.41 Å². The van der Waals surface area contributed by atoms with Crippen molar-refractivity contribution >= 4 is 34.8 Å². The number of hydrogen-bond donors (Lipinski definition) is 2. The summed E-state index contributed by atoms with van der Waals surface area (Å²) in [6, 6.07) is 6.39. The van der Waals surface area contributed by atoms with Crippen molar-refractivity contribution in [1.82, 2.24) is 4.98 Å². The number of carbonyl (C=O) groups is 1. The summed E-state index contributed by atoms with van der Waals surface area (Å²) in [6.07, 6.45) is 3.79. The number of aromatic nitrogens is 1. The fraction of sp³-hybridized carbons (Fsp3) is 0.412. The minimum Gasteiger partial charge on any atom is -0.329 e. The second-order valence-electron chi connectivity index (χ2n) is 5.58. The van der Waals surface area contributed by atoms with Crippen molar-refractivity contribution in [3.8, 4) is 0 Å². The Morgan fingerprint density at radius 2 is 1.92 bits per heavy atom. The molecule has 0 aliphatic carbocycles. The highest BCUT2D eigenvalue weighted by molar-refractivity contribution is 7.15. The Labute approximate surface area is 152 Å². The lowest BCUT2D eigenvalue weighted by Crippen LogP contribution is -2.41. The largest absolute Gasteiger partial charge is 0.329 e. The van der Waals surface area contributed by atoms with E-state index in [4.69, 9.17) is 5.73 Å². The Bertz CT molecular complexity index is 648. The molecule has 0 saturated carbocycles. The third-order valence-corrected chi connectivity index (χ3v) is 5.20. The molecule has 0 aliphatic heterocycles. The smallest absolute Gasteiger partial charge is 0.233 e. The third-order valence-electron chi connectivity index (χ3n) is 4.29. The van der Waals surface area contributed by atoms with Crippen molar-refractivity contribution in [1.29, 1.82) is 0 Å². The maximum absolute atomic E-state index is 12.9. The summed E-state index contributed by atoms with van der Waals surface area (Å²) in [5.41, 5.74) is 6.26. The first kappa shape index (κ1) is 20.5. The summed E-state index contributed by atoms with van der Waals surface area (Å²) in [6.45, 7) is 4.26. The predicted molar refractivity (Wildman–Crippen MR) is 99.3 cm³/mol. The number of halogens is 2. The molecule has 1 heterocycles. The second-order valence-corrected chi connectivity index (χ2v) is 6.70. The van der Waals surface area contributed by atoms with Gasteiger partial charge >= 0.3 is 0 Å². The van der Waals surface area contributed by atoms with E-state index >= 15 is 0 Å². The van der Waals surface area contributed by atoms with E-state index in [1.165, 1.54) is 23.5 Å². The van der Waals surface area contributed by atoms with Crippen molar-refractivity contribution < 1.29 is 9.18 Å². The monoisotopic (exact) mass is 371 g/mol. The third kappa shape index (κ3) is 4.75. The van der Waals surface area contributed by atoms with Crippen molar-refractivity contribution in [2.75, 3.05) is 11.9 Å². The molecule has 7 heteroatoms. The number of amides is 1. The Morgan fingerprint density at radius 1 is 1.29 bits per heavy atom. The van der Waals surface area contributed by atoms with Crippen LogP contribution in [0.25, 0.3) is 0 Å². The molecule has 2 aromatic rings. The van der Waals surface area contributed by atoms with Crippen LogP contribution in [0.3, 0.4) is 0 Å². The number of carbonyl (C=O) groups excluding carboxylic acids is 1. The number of benzene rings is 1. The fourth-order valence-electron chi connectivity index (χ4n) is 2.43. The maximum atomic E-state index is 12.9. The van der Waals surface area contributed by atoms with Crippen molar-refractivity contribution in [2.24, 2.45) is 11.1 Å². The van der Waals surface area contributed by atoms with Crippen LogP contribution in [0, 0.1) is 11.2 Å². The maximum Gasteiger partial charge on any atom is 0.233 e. The zero-order chi connectivity index (χ0) is 16.9. The van der Waals surface area contributed by atoms with Gasteiger partial charge in [0.15, 0.2) is 5.13 Å². The minimum absolute atomic E-state index is 0. The van der Waals surface area contributed by atoms with Crippen molar-refractivity contribution in [2.45, 2.75) is 33.1 Å². The molecule has 0 atom stereocenters. The van der Waals surface area contributed by atoms with Crippen LogP contribution < -0.4 is 11.1 Å². The van der Waals surface area contributed by atoms with Gasteiger partial charge in [0, 0.05) is 24.0 Å². The van der Waals surface area contributed by atoms with Gasteiger partial charge < -0.3 is 11.1 Å². The second kappa shape index (κ2) is 9.11. The lowest BCUT2D eigenvalue weighted by Gasteiger charge is -2.27. The molecule has 0 radical (unpaired) electrons. The Hall–Kier alpha value is -1.50. The highest BCUT2D eigenvalue weighted by Gasteiger charge is 2.33. The first-order valence-electron chi connectivity index (χ1n) is 7.73. The van der Waals surface area contributed by atoms with Gasteiger partial charge in [0.1, 0.15) is 5.82 Å². The van der Waals surface area contributed by atoms with Crippen LogP contribution in [0.5, 0.6) is 0 Å². The molecule has 0 aliphatic rings. The summed E-state index contributed by atoms with van der Waals surface area (Å²) in [4.78, 5) is 17.7. The number of nitrogens with two attached hydrogens (primary N) is 1. The normalized spacial score (nSPS) is 11.0. The number of hydrogen-bond acceptors (Lipinski definition) is 4. The molecule has 0 unspecified atom stereocenters. The standard InChI is InChI=1S/C17H22FN3OS.ClH/c1-3-17(4-2,11-19)15(22)21-16-20-10-14(23-16)9-12-5-7-13(18)8-6-12;/h5-8,10H,3-4,9,11,19H2,1-2H3,(H,20,21,22);1H. The van der Waals surface area contributed by atoms with Crippen molar-refractivity contribution in [3.05, 3.63) is 46.7 Å². The van der Waals surface area contributed by atoms with E-state index in [1.54, 1.807) is 18.3 Å². The molecule has 0 saturated heterocycles. The predicted octanol–water partition coefficient (Wildman–Crippen LogP) is 4.00. The summed E-state index contributed by atoms with van der Waals surface area (Å²) < 4.78 is 12.9. The lowest BCUT2D eigenvalue weighted by molar-refractivity contribution is -0.125. The summed E-state index contributed by atoms with van der Waals surface area (Å²) in [7, 11) is 0. The van der Waals surface area contributed by atoms with Gasteiger partial charge in [-0.1, -0.05) is 26.0 Å². The molecule has 1 amide bonds. The average Bonchev–Trinajstić information content (AvgIpc) is 2.99. The van der Waals surface area contributed by atoms with E-state index in [2.05, 4.69) is 10.3 Å². The van der Waals surface area contributed by atoms with Gasteiger partial charge in [-0.05, 0) is 30.5 Å². The molecule has 132 valence electrons. The van der Waals surface area contributed by atoms with E-state index in [1.807, 2.05) is 13.8 Å². The highest BCUT2D eigenvalue weighted by Crippen LogP contribution is 2.28. The molecule has 1 aromatic heterocycles. The molecular formula is C17H23ClFN3OS. The van der Waals surface area contributed by atoms with E-state index in [0.29, 0.717) is 30.9 Å². The molecule has 3 N–H and O–H groups in total. The summed E-state index contributed by atoms with van der Waals surface area (Å²) in [5.74, 6) is -0.323. The van der Waals surface area contributed by atoms with Crippen LogP contribution in [0.15, 0.2) is 30.5 Å². The van der Waals surface area contributed by atoms with Crippen LogP contribution in [-0.4, -0.2) is 17.4 Å².